The summed E-state index contributed by atoms with van der Waals surface area (Å²) < 4.78 is 242. The van der Waals surface area contributed by atoms with E-state index in [4.69, 9.17) is 53.0 Å². The first-order valence-electron chi connectivity index (χ1n) is 50.9. The Morgan fingerprint density at radius 1 is 0.356 bits per heavy atom. The number of benzene rings is 6. The van der Waals surface area contributed by atoms with Crippen LogP contribution < -0.4 is 0 Å². The minimum atomic E-state index is -2.62. The number of rotatable bonds is 8. The number of hydrogen-bond acceptors (Lipinski definition) is 12. The third kappa shape index (κ3) is 21.1. The van der Waals surface area contributed by atoms with Crippen molar-refractivity contribution in [2.45, 2.75) is 147 Å². The maximum atomic E-state index is 8.42. The van der Waals surface area contributed by atoms with Crippen molar-refractivity contribution in [1.29, 1.82) is 0 Å². The average molecular weight is 2110 g/mol. The van der Waals surface area contributed by atoms with Gasteiger partial charge >= 0.3 is 0 Å². The molecule has 0 aliphatic heterocycles. The maximum Gasteiger partial charge on any atom is 0.216 e. The molecule has 0 bridgehead atoms. The summed E-state index contributed by atoms with van der Waals surface area (Å²) in [6.07, 6.45) is 8.64. The van der Waals surface area contributed by atoms with Crippen LogP contribution in [0.3, 0.4) is 0 Å². The molecule has 0 spiro atoms. The van der Waals surface area contributed by atoms with E-state index in [9.17, 15) is 0 Å². The Hall–Kier alpha value is -11.0. The van der Waals surface area contributed by atoms with Crippen LogP contribution in [0.5, 0.6) is 0 Å². The first-order chi connectivity index (χ1) is 66.8. The van der Waals surface area contributed by atoms with E-state index >= 15 is 0 Å². The number of nitrogens with zero attached hydrogens (tertiary/aromatic N) is 9. The Kier molecular flexibility index (Phi) is 19.2. The zero-order valence-electron chi connectivity index (χ0n) is 94.3. The molecular formula is C103H95Ir3N9O3-6. The molecule has 0 amide bonds. The number of furan rings is 3. The van der Waals surface area contributed by atoms with Crippen molar-refractivity contribution < 1.29 is 113 Å². The zero-order chi connectivity index (χ0) is 106. The van der Waals surface area contributed by atoms with Crippen LogP contribution in [0.2, 0.25) is 0 Å². The SMILES string of the molecule is [2H]C([2H])([2H])c1c[c-]c(-c2cc(C([2H])(C)C([2H])([2H])[2H])ccn2)c2oc3nc(C(C)(C)C)ccc3c12.[2H]C([2H])([2H])c1c[c-]c(-c2ccccn2)c2oc3nc(C(C)(C)C)ccc3c12.[2H]C([2H])([2H])c1cc(C)nc2oc3c(-c4cc(C([2H])(C)C([2H])([2H])[2H])ccn4)[c-]cc(C([2H])([2H])[2H])c3c12.[2H]C([2H])([2H])c1ccc(-c2[c-]cccc2)nc1.[2H]C([2H])([2H])c1ccc(-c2[c-]cccc2)nc1.[2H]C([2H])([2H])c1ccc(-c2[c-]cccc2)nc1.[Ir].[Ir].[Ir]. The van der Waals surface area contributed by atoms with Crippen molar-refractivity contribution in [2.24, 2.45) is 0 Å². The van der Waals surface area contributed by atoms with Crippen LogP contribution in [-0.4, -0.2) is 44.9 Å². The fraction of sp³-hybridized carbons (Fsp3) is 0.214. The monoisotopic (exact) mass is 2110 g/mol. The van der Waals surface area contributed by atoms with E-state index < -0.39 is 73.5 Å². The average Bonchev–Trinajstić information content (AvgIpc) is 1.58. The molecule has 2 atom stereocenters. The van der Waals surface area contributed by atoms with Gasteiger partial charge in [-0.15, -0.1) is 161 Å². The summed E-state index contributed by atoms with van der Waals surface area (Å²) in [5.74, 6) is -3.80. The Labute approximate surface area is 775 Å². The topological polar surface area (TPSA) is 155 Å². The van der Waals surface area contributed by atoms with Crippen LogP contribution in [0.4, 0.5) is 0 Å². The molecule has 6 aromatic carbocycles. The molecule has 0 saturated carbocycles. The molecule has 12 aromatic heterocycles. The van der Waals surface area contributed by atoms with E-state index in [0.29, 0.717) is 66.8 Å². The Morgan fingerprint density at radius 2 is 0.754 bits per heavy atom. The number of fused-ring (bicyclic) bond motifs is 9. The molecule has 2 unspecified atom stereocenters. The fourth-order valence-electron chi connectivity index (χ4n) is 12.2. The molecule has 3 radical (unpaired) electrons. The van der Waals surface area contributed by atoms with Crippen LogP contribution in [0.15, 0.2) is 251 Å². The molecule has 18 aromatic rings. The molecule has 0 aliphatic carbocycles. The second kappa shape index (κ2) is 39.5. The largest absolute Gasteiger partial charge is 0.486 e. The standard InChI is InChI=1S/C24H25N2O.C22H21N2O.C21H19N2O.3C12H10N.3Ir/c1-14(2)16-11-12-25-19(13-16)17-8-7-15(3)21-18-9-10-20(24(4,5)6)26-23(18)27-22(17)21;1-12(2)16-8-9-23-18(11-16)17-7-6-13(3)19-20-14(4)10-15(5)24-22(20)25-21(17)19;1-13-8-9-14(16-7-5-6-12-22-16)19-18(13)15-10-11-17(21(2,3)4)23-20(15)24-19;3*1-10-7-8-12(13-9-10)11-5-3-2-4-6-11;;;/h7,9-14H,1-6H3;6,8-12H,1-5H3;5-8,10-12H,1-4H3;3*2-5,7-9H,1H3;;;/q6*-1;;;/i1D3,3D3,14D;1D3,3D3,4D3,12D;4*1D3;;;. The van der Waals surface area contributed by atoms with E-state index in [1.165, 1.54) is 93.4 Å². The summed E-state index contributed by atoms with van der Waals surface area (Å²) in [5.41, 5.74) is 11.5. The number of hydrogen-bond donors (Lipinski definition) is 0. The van der Waals surface area contributed by atoms with Gasteiger partial charge in [0.1, 0.15) is 0 Å². The predicted octanol–water partition coefficient (Wildman–Crippen LogP) is 26.5. The van der Waals surface area contributed by atoms with Crippen molar-refractivity contribution in [3.8, 4) is 67.5 Å². The van der Waals surface area contributed by atoms with E-state index in [2.05, 4.69) is 102 Å². The van der Waals surface area contributed by atoms with Gasteiger partial charge in [-0.25, -0.2) is 15.0 Å². The summed E-state index contributed by atoms with van der Waals surface area (Å²) in [6, 6.07) is 74.7. The van der Waals surface area contributed by atoms with Gasteiger partial charge in [0.15, 0.2) is 0 Å². The molecule has 15 heteroatoms. The van der Waals surface area contributed by atoms with Gasteiger partial charge in [0.05, 0.1) is 16.7 Å². The number of aromatic nitrogens is 9. The Balaban J connectivity index is 0.000000185. The van der Waals surface area contributed by atoms with E-state index in [1.807, 2.05) is 118 Å². The minimum absolute atomic E-state index is 0. The van der Waals surface area contributed by atoms with Gasteiger partial charge in [0.25, 0.3) is 0 Å². The van der Waals surface area contributed by atoms with Crippen molar-refractivity contribution in [3.63, 3.8) is 0 Å². The van der Waals surface area contributed by atoms with E-state index in [0.717, 1.165) is 45.2 Å². The normalized spacial score (nSPS) is 16.7. The summed E-state index contributed by atoms with van der Waals surface area (Å²) >= 11 is 0. The second-order valence-electron chi connectivity index (χ2n) is 28.7. The van der Waals surface area contributed by atoms with Crippen molar-refractivity contribution in [1.82, 2.24) is 44.9 Å². The molecule has 12 heterocycles. The second-order valence-corrected chi connectivity index (χ2v) is 28.7. The van der Waals surface area contributed by atoms with Gasteiger partial charge in [-0.1, -0.05) is 194 Å². The van der Waals surface area contributed by atoms with Crippen molar-refractivity contribution in [3.05, 3.63) is 341 Å². The van der Waals surface area contributed by atoms with Gasteiger partial charge in [-0.2, -0.15) is 0 Å². The van der Waals surface area contributed by atoms with Crippen LogP contribution >= 0.6 is 0 Å². The van der Waals surface area contributed by atoms with Gasteiger partial charge < -0.3 is 43.2 Å². The third-order valence-corrected chi connectivity index (χ3v) is 18.1. The molecule has 0 fully saturated rings. The summed E-state index contributed by atoms with van der Waals surface area (Å²) in [4.78, 5) is 39.0. The van der Waals surface area contributed by atoms with Gasteiger partial charge in [0.2, 0.25) is 17.1 Å². The first-order valence-corrected chi connectivity index (χ1v) is 36.4. The third-order valence-electron chi connectivity index (χ3n) is 18.1. The quantitative estimate of drug-likeness (QED) is 0.133. The molecule has 18 rings (SSSR count). The zero-order valence-corrected chi connectivity index (χ0v) is 72.5. The van der Waals surface area contributed by atoms with Crippen molar-refractivity contribution >= 4 is 66.2 Å². The molecule has 0 N–H and O–H groups in total. The van der Waals surface area contributed by atoms with Crippen LogP contribution in [-0.2, 0) is 71.1 Å². The molecule has 603 valence electrons. The summed E-state index contributed by atoms with van der Waals surface area (Å²) in [7, 11) is 0. The Morgan fingerprint density at radius 3 is 1.12 bits per heavy atom. The van der Waals surface area contributed by atoms with Crippen molar-refractivity contribution in [2.75, 3.05) is 0 Å². The van der Waals surface area contributed by atoms with Crippen LogP contribution in [0.1, 0.15) is 188 Å². The Bertz CT molecular complexity index is 7390. The first kappa shape index (κ1) is 57.2. The van der Waals surface area contributed by atoms with E-state index in [1.54, 1.807) is 67.7 Å². The van der Waals surface area contributed by atoms with Gasteiger partial charge in [-0.3, -0.25) is 0 Å². The molecule has 0 aliphatic rings. The maximum absolute atomic E-state index is 8.42. The number of aryl methyl sites for hydroxylation is 8. The van der Waals surface area contributed by atoms with Crippen LogP contribution in [0, 0.1) is 91.3 Å². The smallest absolute Gasteiger partial charge is 0.216 e. The van der Waals surface area contributed by atoms with Gasteiger partial charge in [0, 0.05) is 181 Å². The molecule has 0 saturated heterocycles. The fourth-order valence-corrected chi connectivity index (χ4v) is 12.2. The molecular weight excluding hydrogens is 1990 g/mol. The minimum Gasteiger partial charge on any atom is -0.486 e. The van der Waals surface area contributed by atoms with Crippen LogP contribution in [0.25, 0.3) is 134 Å². The summed E-state index contributed by atoms with van der Waals surface area (Å²) in [6.45, 7) is -4.83. The van der Waals surface area contributed by atoms with E-state index in [-0.39, 0.29) is 160 Å². The number of pyridine rings is 9. The van der Waals surface area contributed by atoms with Gasteiger partial charge in [-0.05, 0) is 151 Å². The predicted molar refractivity (Wildman–Crippen MR) is 470 cm³/mol. The summed E-state index contributed by atoms with van der Waals surface area (Å²) in [5, 5.41) is 2.33. The molecule has 12 nitrogen and oxygen atoms in total. The molecule has 118 heavy (non-hydrogen) atoms.